The molecule has 2 atom stereocenters. The molecule has 0 saturated heterocycles. The molecule has 4 heterocycles. The van der Waals surface area contributed by atoms with Gasteiger partial charge in [0.15, 0.2) is 5.82 Å². The van der Waals surface area contributed by atoms with Crippen molar-refractivity contribution in [2.75, 3.05) is 6.98 Å². The largest absolute Gasteiger partial charge is 0.444 e. The third kappa shape index (κ3) is 3.86. The van der Waals surface area contributed by atoms with Crippen LogP contribution in [0.1, 0.15) is 83.8 Å². The molecule has 204 valence electrons. The van der Waals surface area contributed by atoms with Crippen LogP contribution in [0.25, 0.3) is 22.2 Å². The summed E-state index contributed by atoms with van der Waals surface area (Å²) in [5.74, 6) is 0.470. The lowest BCUT2D eigenvalue weighted by Gasteiger charge is -2.24. The summed E-state index contributed by atoms with van der Waals surface area (Å²) in [6, 6.07) is 9.68. The topological polar surface area (TPSA) is 102 Å². The summed E-state index contributed by atoms with van der Waals surface area (Å²) in [7, 11) is 0. The zero-order valence-corrected chi connectivity index (χ0v) is 23.0. The van der Waals surface area contributed by atoms with E-state index in [9.17, 15) is 9.59 Å². The molecule has 0 spiro atoms. The van der Waals surface area contributed by atoms with Crippen LogP contribution in [-0.4, -0.2) is 49.0 Å². The first-order chi connectivity index (χ1) is 20.3. The first-order valence-electron chi connectivity index (χ1n) is 14.7. The van der Waals surface area contributed by atoms with Crippen LogP contribution in [0.5, 0.6) is 0 Å². The second kappa shape index (κ2) is 8.51. The average molecular weight is 560 g/mol. The molecule has 1 N–H and O–H groups in total. The highest BCUT2D eigenvalue weighted by Gasteiger charge is 2.49. The number of fused-ring (bicyclic) bond motifs is 9. The molecule has 2 aromatic carbocycles. The van der Waals surface area contributed by atoms with Crippen LogP contribution < -0.4 is 5.32 Å². The van der Waals surface area contributed by atoms with Crippen molar-refractivity contribution in [1.29, 1.82) is 0 Å². The number of amides is 2. The van der Waals surface area contributed by atoms with Crippen LogP contribution in [-0.2, 0) is 10.3 Å². The average Bonchev–Trinajstić information content (AvgIpc) is 3.51. The normalized spacial score (nSPS) is 22.1. The maximum absolute atomic E-state index is 13.5. The Morgan fingerprint density at radius 1 is 1.15 bits per heavy atom. The Balaban J connectivity index is 1.27. The van der Waals surface area contributed by atoms with Gasteiger partial charge >= 0.3 is 6.09 Å². The second-order valence-electron chi connectivity index (χ2n) is 11.7. The number of benzene rings is 2. The molecule has 7 rings (SSSR count). The van der Waals surface area contributed by atoms with Gasteiger partial charge in [-0.05, 0) is 63.4 Å². The Bertz CT molecular complexity index is 1810. The monoisotopic (exact) mass is 559 g/mol. The lowest BCUT2D eigenvalue weighted by Crippen LogP contribution is -2.40. The molecule has 3 aliphatic rings. The molecule has 10 heteroatoms. The Kier molecular flexibility index (Phi) is 4.64. The van der Waals surface area contributed by atoms with E-state index in [0.29, 0.717) is 34.2 Å². The van der Waals surface area contributed by atoms with E-state index in [1.54, 1.807) is 30.6 Å². The zero-order chi connectivity index (χ0) is 30.5. The number of halogens is 1. The number of hydrogen-bond donors (Lipinski definition) is 1. The van der Waals surface area contributed by atoms with Gasteiger partial charge in [-0.1, -0.05) is 23.7 Å². The summed E-state index contributed by atoms with van der Waals surface area (Å²) in [5.41, 5.74) is 2.73. The first-order valence-corrected chi connectivity index (χ1v) is 13.6. The molecule has 1 aliphatic carbocycles. The number of hydrogen-bond acceptors (Lipinski definition) is 6. The fourth-order valence-electron chi connectivity index (χ4n) is 5.83. The van der Waals surface area contributed by atoms with Crippen LogP contribution in [0.15, 0.2) is 48.8 Å². The van der Waals surface area contributed by atoms with Crippen LogP contribution in [0, 0.1) is 0 Å². The van der Waals surface area contributed by atoms with Gasteiger partial charge < -0.3 is 19.5 Å². The van der Waals surface area contributed by atoms with Crippen molar-refractivity contribution >= 4 is 34.6 Å². The summed E-state index contributed by atoms with van der Waals surface area (Å²) in [5, 5.41) is 3.34. The van der Waals surface area contributed by atoms with Gasteiger partial charge in [0.1, 0.15) is 17.0 Å². The SMILES string of the molecule is [2H]C([2H])([2H])N1C(=O)c2cccc(Cl)c2[C@H]2C[C@@H]1c1nc3ccc(-c4cnc(C5(NC(=O)OC(C)(C)C)CC5)nc4)cc3n12. The molecule has 2 aromatic heterocycles. The number of rotatable bonds is 3. The fraction of sp³-hybridized carbons (Fsp3) is 0.367. The Hall–Kier alpha value is -3.98. The van der Waals surface area contributed by atoms with Crippen molar-refractivity contribution in [3.8, 4) is 11.1 Å². The number of carbonyl (C=O) groups excluding carboxylic acids is 2. The molecular weight excluding hydrogens is 528 g/mol. The molecule has 0 unspecified atom stereocenters. The van der Waals surface area contributed by atoms with E-state index in [2.05, 4.69) is 15.3 Å². The molecule has 2 aliphatic heterocycles. The van der Waals surface area contributed by atoms with E-state index >= 15 is 0 Å². The number of carbonyl (C=O) groups is 2. The summed E-state index contributed by atoms with van der Waals surface area (Å²) in [6.07, 6.45) is 4.76. The summed E-state index contributed by atoms with van der Waals surface area (Å²) < 4.78 is 32.0. The Labute approximate surface area is 240 Å². The van der Waals surface area contributed by atoms with Crippen molar-refractivity contribution in [2.24, 2.45) is 0 Å². The standard InChI is InChI=1S/C30H29ClN6O3/c1-29(2,3)40-28(39)35-30(10-11-30)27-32-14-17(15-33-27)16-8-9-20-21(12-16)37-22-13-23(25(37)34-20)36(4)26(38)18-6-5-7-19(31)24(18)22/h5-9,12,14-15,22-23H,10-11,13H2,1-4H3,(H,35,39)/t22-,23-/m1/s1/i4D3. The second-order valence-corrected chi connectivity index (χ2v) is 12.1. The van der Waals surface area contributed by atoms with Crippen molar-refractivity contribution in [1.82, 2.24) is 29.7 Å². The van der Waals surface area contributed by atoms with E-state index in [1.165, 1.54) is 0 Å². The summed E-state index contributed by atoms with van der Waals surface area (Å²) in [6.45, 7) is 2.78. The third-order valence-electron chi connectivity index (χ3n) is 7.82. The van der Waals surface area contributed by atoms with Gasteiger partial charge in [0.05, 0.1) is 23.1 Å². The highest BCUT2D eigenvalue weighted by Crippen LogP contribution is 2.49. The predicted octanol–water partition coefficient (Wildman–Crippen LogP) is 5.78. The molecular formula is C30H29ClN6O3. The molecule has 9 nitrogen and oxygen atoms in total. The maximum Gasteiger partial charge on any atom is 0.408 e. The van der Waals surface area contributed by atoms with Gasteiger partial charge in [-0.3, -0.25) is 4.79 Å². The summed E-state index contributed by atoms with van der Waals surface area (Å²) in [4.78, 5) is 40.9. The van der Waals surface area contributed by atoms with Crippen molar-refractivity contribution in [3.05, 3.63) is 76.6 Å². The molecule has 40 heavy (non-hydrogen) atoms. The van der Waals surface area contributed by atoms with Crippen LogP contribution >= 0.6 is 11.6 Å². The van der Waals surface area contributed by atoms with Gasteiger partial charge in [-0.2, -0.15) is 0 Å². The smallest absolute Gasteiger partial charge is 0.408 e. The molecule has 0 radical (unpaired) electrons. The van der Waals surface area contributed by atoms with Crippen LogP contribution in [0.2, 0.25) is 5.02 Å². The molecule has 1 fully saturated rings. The number of imidazole rings is 1. The van der Waals surface area contributed by atoms with E-state index in [-0.39, 0.29) is 11.6 Å². The predicted molar refractivity (Wildman–Crippen MR) is 150 cm³/mol. The van der Waals surface area contributed by atoms with E-state index in [0.717, 1.165) is 34.4 Å². The lowest BCUT2D eigenvalue weighted by molar-refractivity contribution is 0.0492. The van der Waals surface area contributed by atoms with Gasteiger partial charge in [0, 0.05) is 51.6 Å². The maximum atomic E-state index is 13.5. The van der Waals surface area contributed by atoms with E-state index in [4.69, 9.17) is 25.4 Å². The van der Waals surface area contributed by atoms with E-state index < -0.39 is 36.2 Å². The number of alkyl carbamates (subject to hydrolysis) is 1. The fourth-order valence-corrected chi connectivity index (χ4v) is 6.13. The van der Waals surface area contributed by atoms with Crippen molar-refractivity contribution in [3.63, 3.8) is 0 Å². The molecule has 2 amide bonds. The minimum absolute atomic E-state index is 0.290. The number of aromatic nitrogens is 4. The quantitative estimate of drug-likeness (QED) is 0.341. The van der Waals surface area contributed by atoms with Gasteiger partial charge in [-0.15, -0.1) is 0 Å². The minimum Gasteiger partial charge on any atom is -0.444 e. The highest BCUT2D eigenvalue weighted by molar-refractivity contribution is 6.32. The third-order valence-corrected chi connectivity index (χ3v) is 8.15. The van der Waals surface area contributed by atoms with E-state index in [1.807, 2.05) is 43.5 Å². The number of ether oxygens (including phenoxy) is 1. The van der Waals surface area contributed by atoms with Crippen LogP contribution in [0.4, 0.5) is 4.79 Å². The molecule has 2 bridgehead atoms. The van der Waals surface area contributed by atoms with Gasteiger partial charge in [-0.25, -0.2) is 19.7 Å². The Morgan fingerprint density at radius 2 is 1.93 bits per heavy atom. The van der Waals surface area contributed by atoms with Crippen molar-refractivity contribution < 1.29 is 18.4 Å². The minimum atomic E-state index is -2.66. The highest BCUT2D eigenvalue weighted by atomic mass is 35.5. The van der Waals surface area contributed by atoms with Crippen LogP contribution in [0.3, 0.4) is 0 Å². The molecule has 4 aromatic rings. The van der Waals surface area contributed by atoms with Gasteiger partial charge in [0.25, 0.3) is 5.91 Å². The zero-order valence-electron chi connectivity index (χ0n) is 25.2. The van der Waals surface area contributed by atoms with Crippen molar-refractivity contribution in [2.45, 2.75) is 63.3 Å². The molecule has 1 saturated carbocycles. The first kappa shape index (κ1) is 21.8. The lowest BCUT2D eigenvalue weighted by atomic mass is 9.98. The van der Waals surface area contributed by atoms with Gasteiger partial charge in [0.2, 0.25) is 0 Å². The number of nitrogens with one attached hydrogen (secondary N) is 1. The number of nitrogens with zero attached hydrogens (tertiary/aromatic N) is 5. The summed E-state index contributed by atoms with van der Waals surface area (Å²) >= 11 is 6.67. The Morgan fingerprint density at radius 3 is 2.62 bits per heavy atom.